The molecule has 2 aromatic carbocycles. The molecule has 2 aromatic rings. The molecular formula is C22H20N2O4S. The van der Waals surface area contributed by atoms with Gasteiger partial charge in [0, 0.05) is 5.69 Å². The van der Waals surface area contributed by atoms with E-state index in [1.54, 1.807) is 37.5 Å². The van der Waals surface area contributed by atoms with Crippen LogP contribution in [0.1, 0.15) is 12.5 Å². The molecule has 1 fully saturated rings. The molecule has 1 N–H and O–H groups in total. The molecule has 0 atom stereocenters. The smallest absolute Gasteiger partial charge is 0.294 e. The molecule has 148 valence electrons. The number of benzene rings is 2. The maximum Gasteiger partial charge on any atom is 0.294 e. The molecule has 0 aromatic heterocycles. The third-order valence-electron chi connectivity index (χ3n) is 4.10. The fourth-order valence-corrected chi connectivity index (χ4v) is 3.60. The summed E-state index contributed by atoms with van der Waals surface area (Å²) in [5.41, 5.74) is 2.39. The summed E-state index contributed by atoms with van der Waals surface area (Å²) in [4.78, 5) is 38.3. The Hall–Kier alpha value is -3.32. The van der Waals surface area contributed by atoms with Crippen molar-refractivity contribution in [3.05, 3.63) is 76.7 Å². The van der Waals surface area contributed by atoms with Gasteiger partial charge in [-0.05, 0) is 60.2 Å². The van der Waals surface area contributed by atoms with Crippen molar-refractivity contribution in [2.75, 3.05) is 19.0 Å². The molecule has 0 saturated carbocycles. The van der Waals surface area contributed by atoms with E-state index in [0.29, 0.717) is 16.3 Å². The molecule has 1 saturated heterocycles. The van der Waals surface area contributed by atoms with Gasteiger partial charge in [0.1, 0.15) is 12.3 Å². The molecule has 6 nitrogen and oxygen atoms in total. The van der Waals surface area contributed by atoms with Crippen LogP contribution >= 0.6 is 11.8 Å². The number of carbonyl (C=O) groups excluding carboxylic acids is 3. The maximum absolute atomic E-state index is 12.6. The lowest BCUT2D eigenvalue weighted by molar-refractivity contribution is -0.127. The van der Waals surface area contributed by atoms with E-state index in [4.69, 9.17) is 4.74 Å². The Morgan fingerprint density at radius 1 is 1.10 bits per heavy atom. The summed E-state index contributed by atoms with van der Waals surface area (Å²) >= 11 is 0.835. The highest BCUT2D eigenvalue weighted by molar-refractivity contribution is 8.18. The number of anilines is 1. The first kappa shape index (κ1) is 20.4. The molecule has 3 amide bonds. The monoisotopic (exact) mass is 408 g/mol. The summed E-state index contributed by atoms with van der Waals surface area (Å²) in [6.07, 6.45) is 3.59. The highest BCUT2D eigenvalue weighted by atomic mass is 32.2. The first-order valence-corrected chi connectivity index (χ1v) is 9.70. The summed E-state index contributed by atoms with van der Waals surface area (Å²) < 4.78 is 5.07. The van der Waals surface area contributed by atoms with Gasteiger partial charge in [-0.15, -0.1) is 0 Å². The Balaban J connectivity index is 1.65. The van der Waals surface area contributed by atoms with Gasteiger partial charge in [-0.1, -0.05) is 36.4 Å². The molecule has 1 heterocycles. The van der Waals surface area contributed by atoms with Crippen LogP contribution in [0.3, 0.4) is 0 Å². The lowest BCUT2D eigenvalue weighted by Gasteiger charge is -2.12. The van der Waals surface area contributed by atoms with E-state index in [2.05, 4.69) is 5.32 Å². The molecule has 29 heavy (non-hydrogen) atoms. The fraction of sp³-hybridized carbons (Fsp3) is 0.136. The van der Waals surface area contributed by atoms with E-state index < -0.39 is 17.1 Å². The van der Waals surface area contributed by atoms with Gasteiger partial charge >= 0.3 is 0 Å². The van der Waals surface area contributed by atoms with E-state index in [-0.39, 0.29) is 6.54 Å². The lowest BCUT2D eigenvalue weighted by atomic mass is 10.1. The molecule has 0 spiro atoms. The molecule has 3 rings (SSSR count). The highest BCUT2D eigenvalue weighted by Gasteiger charge is 2.36. The van der Waals surface area contributed by atoms with Crippen LogP contribution in [-0.4, -0.2) is 35.6 Å². The second kappa shape index (κ2) is 9.25. The average Bonchev–Trinajstić information content (AvgIpc) is 2.96. The topological polar surface area (TPSA) is 75.7 Å². The molecular weight excluding hydrogens is 388 g/mol. The number of ether oxygens (including phenoxy) is 1. The third kappa shape index (κ3) is 5.36. The van der Waals surface area contributed by atoms with E-state index in [0.717, 1.165) is 27.8 Å². The van der Waals surface area contributed by atoms with Crippen LogP contribution in [0.15, 0.2) is 71.2 Å². The van der Waals surface area contributed by atoms with Gasteiger partial charge in [-0.25, -0.2) is 0 Å². The van der Waals surface area contributed by atoms with E-state index in [9.17, 15) is 14.4 Å². The molecule has 1 aliphatic heterocycles. The molecule has 0 aliphatic carbocycles. The fourth-order valence-electron chi connectivity index (χ4n) is 2.72. The number of methoxy groups -OCH3 is 1. The summed E-state index contributed by atoms with van der Waals surface area (Å²) in [7, 11) is 1.55. The van der Waals surface area contributed by atoms with Crippen LogP contribution in [-0.2, 0) is 9.59 Å². The highest BCUT2D eigenvalue weighted by Crippen LogP contribution is 2.31. The zero-order chi connectivity index (χ0) is 20.8. The SMILES string of the molecule is COc1ccc(NC(=O)CN2C(=O)S/C(=C\C(C)=Cc3ccccc3)C2=O)cc1. The van der Waals surface area contributed by atoms with Crippen LogP contribution in [0.2, 0.25) is 0 Å². The Morgan fingerprint density at radius 3 is 2.45 bits per heavy atom. The summed E-state index contributed by atoms with van der Waals surface area (Å²) in [5.74, 6) is -0.251. The molecule has 0 radical (unpaired) electrons. The van der Waals surface area contributed by atoms with Crippen LogP contribution in [0.25, 0.3) is 6.08 Å². The van der Waals surface area contributed by atoms with Gasteiger partial charge in [-0.2, -0.15) is 0 Å². The number of nitrogens with zero attached hydrogens (tertiary/aromatic N) is 1. The van der Waals surface area contributed by atoms with Crippen molar-refractivity contribution < 1.29 is 19.1 Å². The van der Waals surface area contributed by atoms with Gasteiger partial charge in [0.25, 0.3) is 11.1 Å². The number of nitrogens with one attached hydrogen (secondary N) is 1. The zero-order valence-corrected chi connectivity index (χ0v) is 16.9. The zero-order valence-electron chi connectivity index (χ0n) is 16.0. The number of rotatable bonds is 6. The number of imide groups is 1. The van der Waals surface area contributed by atoms with Crippen LogP contribution in [0.5, 0.6) is 5.75 Å². The summed E-state index contributed by atoms with van der Waals surface area (Å²) in [5, 5.41) is 2.21. The van der Waals surface area contributed by atoms with Gasteiger partial charge in [0.15, 0.2) is 0 Å². The number of allylic oxidation sites excluding steroid dienone is 2. The maximum atomic E-state index is 12.6. The quantitative estimate of drug-likeness (QED) is 0.721. The van der Waals surface area contributed by atoms with Gasteiger partial charge in [-0.3, -0.25) is 19.3 Å². The van der Waals surface area contributed by atoms with Crippen molar-refractivity contribution in [1.82, 2.24) is 4.90 Å². The first-order valence-electron chi connectivity index (χ1n) is 8.89. The standard InChI is InChI=1S/C22H20N2O4S/c1-15(12-16-6-4-3-5-7-16)13-19-21(26)24(22(27)29-19)14-20(25)23-17-8-10-18(28-2)11-9-17/h3-13H,14H2,1-2H3,(H,23,25)/b15-12?,19-13-. The Labute approximate surface area is 173 Å². The first-order chi connectivity index (χ1) is 14.0. The molecule has 7 heteroatoms. The van der Waals surface area contributed by atoms with Crippen molar-refractivity contribution in [1.29, 1.82) is 0 Å². The second-order valence-corrected chi connectivity index (χ2v) is 7.34. The van der Waals surface area contributed by atoms with Crippen LogP contribution in [0, 0.1) is 0 Å². The largest absolute Gasteiger partial charge is 0.497 e. The van der Waals surface area contributed by atoms with Crippen molar-refractivity contribution in [2.45, 2.75) is 6.92 Å². The molecule has 0 unspecified atom stereocenters. The second-order valence-electron chi connectivity index (χ2n) is 6.34. The number of hydrogen-bond acceptors (Lipinski definition) is 5. The minimum absolute atomic E-state index is 0.303. The Kier molecular flexibility index (Phi) is 6.51. The Morgan fingerprint density at radius 2 is 1.79 bits per heavy atom. The van der Waals surface area contributed by atoms with Crippen molar-refractivity contribution in [2.24, 2.45) is 0 Å². The molecule has 1 aliphatic rings. The average molecular weight is 408 g/mol. The third-order valence-corrected chi connectivity index (χ3v) is 5.01. The number of hydrogen-bond donors (Lipinski definition) is 1. The number of carbonyl (C=O) groups is 3. The van der Waals surface area contributed by atoms with E-state index in [1.807, 2.05) is 43.3 Å². The van der Waals surface area contributed by atoms with Crippen LogP contribution < -0.4 is 10.1 Å². The van der Waals surface area contributed by atoms with E-state index >= 15 is 0 Å². The number of thioether (sulfide) groups is 1. The Bertz CT molecular complexity index is 982. The van der Waals surface area contributed by atoms with Crippen molar-refractivity contribution >= 4 is 40.6 Å². The predicted molar refractivity (Wildman–Crippen MR) is 114 cm³/mol. The number of amides is 3. The predicted octanol–water partition coefficient (Wildman–Crippen LogP) is 4.32. The van der Waals surface area contributed by atoms with E-state index in [1.165, 1.54) is 0 Å². The van der Waals surface area contributed by atoms with Gasteiger partial charge in [0.05, 0.1) is 12.0 Å². The summed E-state index contributed by atoms with van der Waals surface area (Å²) in [6, 6.07) is 16.5. The molecule has 0 bridgehead atoms. The van der Waals surface area contributed by atoms with Crippen molar-refractivity contribution in [3.63, 3.8) is 0 Å². The normalized spacial score (nSPS) is 15.7. The minimum atomic E-state index is -0.467. The summed E-state index contributed by atoms with van der Waals surface area (Å²) in [6.45, 7) is 1.52. The van der Waals surface area contributed by atoms with Crippen molar-refractivity contribution in [3.8, 4) is 5.75 Å². The van der Waals surface area contributed by atoms with Gasteiger partial charge < -0.3 is 10.1 Å². The van der Waals surface area contributed by atoms with Gasteiger partial charge in [0.2, 0.25) is 5.91 Å². The minimum Gasteiger partial charge on any atom is -0.497 e. The lowest BCUT2D eigenvalue weighted by Crippen LogP contribution is -2.36. The van der Waals surface area contributed by atoms with Crippen LogP contribution in [0.4, 0.5) is 10.5 Å².